The molecule has 3 unspecified atom stereocenters. The van der Waals surface area contributed by atoms with Gasteiger partial charge in [-0.25, -0.2) is 0 Å². The molecule has 0 bridgehead atoms. The van der Waals surface area contributed by atoms with Gasteiger partial charge in [-0.1, -0.05) is 19.8 Å². The SMILES string of the molecule is CC1CCC(C2CCC(C(=O)OC3CCC(C#N)C(O)C3)CC2)CC1. The van der Waals surface area contributed by atoms with Crippen molar-refractivity contribution < 1.29 is 14.6 Å². The maximum atomic E-state index is 12.5. The molecule has 4 nitrogen and oxygen atoms in total. The molecule has 0 aliphatic heterocycles. The molecule has 0 aromatic rings. The number of hydrogen-bond donors (Lipinski definition) is 1. The smallest absolute Gasteiger partial charge is 0.309 e. The Kier molecular flexibility index (Phi) is 6.39. The van der Waals surface area contributed by atoms with Gasteiger partial charge in [-0.2, -0.15) is 5.26 Å². The van der Waals surface area contributed by atoms with Gasteiger partial charge in [0, 0.05) is 6.42 Å². The molecule has 25 heavy (non-hydrogen) atoms. The van der Waals surface area contributed by atoms with Crippen LogP contribution in [0.4, 0.5) is 0 Å². The molecule has 0 amide bonds. The molecule has 0 saturated heterocycles. The van der Waals surface area contributed by atoms with Gasteiger partial charge in [0.15, 0.2) is 0 Å². The van der Waals surface area contributed by atoms with E-state index in [1.807, 2.05) is 0 Å². The summed E-state index contributed by atoms with van der Waals surface area (Å²) in [6.07, 6.45) is 10.7. The van der Waals surface area contributed by atoms with Crippen LogP contribution in [0, 0.1) is 40.9 Å². The van der Waals surface area contributed by atoms with E-state index in [1.165, 1.54) is 38.5 Å². The molecule has 0 aromatic heterocycles. The van der Waals surface area contributed by atoms with Gasteiger partial charge in [0.2, 0.25) is 0 Å². The fraction of sp³-hybridized carbons (Fsp3) is 0.905. The molecule has 0 spiro atoms. The lowest BCUT2D eigenvalue weighted by molar-refractivity contribution is -0.159. The highest BCUT2D eigenvalue weighted by Gasteiger charge is 2.35. The number of aliphatic hydroxyl groups is 1. The number of hydrogen-bond acceptors (Lipinski definition) is 4. The lowest BCUT2D eigenvalue weighted by Gasteiger charge is -2.37. The molecule has 3 rings (SSSR count). The molecular weight excluding hydrogens is 314 g/mol. The van der Waals surface area contributed by atoms with Gasteiger partial charge in [-0.3, -0.25) is 4.79 Å². The van der Waals surface area contributed by atoms with Gasteiger partial charge in [-0.15, -0.1) is 0 Å². The molecule has 0 heterocycles. The average molecular weight is 347 g/mol. The van der Waals surface area contributed by atoms with Gasteiger partial charge < -0.3 is 9.84 Å². The molecule has 3 saturated carbocycles. The van der Waals surface area contributed by atoms with Gasteiger partial charge in [-0.05, 0) is 69.1 Å². The van der Waals surface area contributed by atoms with E-state index in [0.717, 1.165) is 30.6 Å². The number of rotatable bonds is 3. The van der Waals surface area contributed by atoms with Gasteiger partial charge in [0.1, 0.15) is 6.10 Å². The van der Waals surface area contributed by atoms with Crippen LogP contribution in [0.25, 0.3) is 0 Å². The van der Waals surface area contributed by atoms with E-state index < -0.39 is 6.10 Å². The Hall–Kier alpha value is -1.08. The minimum Gasteiger partial charge on any atom is -0.462 e. The second-order valence-corrected chi connectivity index (χ2v) is 8.81. The van der Waals surface area contributed by atoms with Crippen LogP contribution in [-0.2, 0) is 9.53 Å². The van der Waals surface area contributed by atoms with Crippen LogP contribution in [0.15, 0.2) is 0 Å². The third-order valence-electron chi connectivity index (χ3n) is 7.05. The molecular formula is C21H33NO3. The minimum atomic E-state index is -0.652. The summed E-state index contributed by atoms with van der Waals surface area (Å²) in [7, 11) is 0. The summed E-state index contributed by atoms with van der Waals surface area (Å²) in [6.45, 7) is 2.37. The minimum absolute atomic E-state index is 0.0459. The molecule has 140 valence electrons. The Labute approximate surface area is 151 Å². The Bertz CT molecular complexity index is 484. The first-order valence-electron chi connectivity index (χ1n) is 10.3. The van der Waals surface area contributed by atoms with Crippen LogP contribution in [-0.4, -0.2) is 23.3 Å². The van der Waals surface area contributed by atoms with Crippen molar-refractivity contribution in [2.45, 2.75) is 89.8 Å². The van der Waals surface area contributed by atoms with Crippen LogP contribution in [0.1, 0.15) is 77.6 Å². The first kappa shape index (κ1) is 18.7. The summed E-state index contributed by atoms with van der Waals surface area (Å²) >= 11 is 0. The van der Waals surface area contributed by atoms with E-state index in [4.69, 9.17) is 10.00 Å². The standard InChI is InChI=1S/C21H33NO3/c1-14-2-4-15(5-3-14)16-6-8-17(9-7-16)21(24)25-19-11-10-18(13-22)20(23)12-19/h14-20,23H,2-12H2,1H3. The van der Waals surface area contributed by atoms with Crippen molar-refractivity contribution in [1.29, 1.82) is 5.26 Å². The number of esters is 1. The van der Waals surface area contributed by atoms with Crippen LogP contribution in [0.3, 0.4) is 0 Å². The van der Waals surface area contributed by atoms with E-state index in [1.54, 1.807) is 0 Å². The lowest BCUT2D eigenvalue weighted by atomic mass is 9.69. The van der Waals surface area contributed by atoms with E-state index in [-0.39, 0.29) is 23.9 Å². The predicted octanol–water partition coefficient (Wildman–Crippen LogP) is 4.22. The molecule has 3 fully saturated rings. The molecule has 3 aliphatic carbocycles. The van der Waals surface area contributed by atoms with E-state index >= 15 is 0 Å². The Balaban J connectivity index is 1.41. The molecule has 0 aromatic carbocycles. The normalized spacial score (nSPS) is 42.4. The zero-order chi connectivity index (χ0) is 17.8. The maximum Gasteiger partial charge on any atom is 0.309 e. The largest absolute Gasteiger partial charge is 0.462 e. The van der Waals surface area contributed by atoms with Crippen molar-refractivity contribution in [3.05, 3.63) is 0 Å². The molecule has 4 heteroatoms. The molecule has 0 radical (unpaired) electrons. The fourth-order valence-electron chi connectivity index (χ4n) is 5.21. The zero-order valence-electron chi connectivity index (χ0n) is 15.5. The quantitative estimate of drug-likeness (QED) is 0.776. The van der Waals surface area contributed by atoms with Crippen molar-refractivity contribution in [2.24, 2.45) is 29.6 Å². The third kappa shape index (κ3) is 4.76. The Morgan fingerprint density at radius 1 is 0.960 bits per heavy atom. The van der Waals surface area contributed by atoms with Crippen LogP contribution < -0.4 is 0 Å². The molecule has 1 N–H and O–H groups in total. The highest BCUT2D eigenvalue weighted by Crippen LogP contribution is 2.41. The second kappa shape index (κ2) is 8.54. The number of aliphatic hydroxyl groups excluding tert-OH is 1. The fourth-order valence-corrected chi connectivity index (χ4v) is 5.21. The van der Waals surface area contributed by atoms with Crippen molar-refractivity contribution in [3.63, 3.8) is 0 Å². The third-order valence-corrected chi connectivity index (χ3v) is 7.05. The van der Waals surface area contributed by atoms with Gasteiger partial charge in [0.05, 0.1) is 24.0 Å². The number of carbonyl (C=O) groups excluding carboxylic acids is 1. The second-order valence-electron chi connectivity index (χ2n) is 8.81. The van der Waals surface area contributed by atoms with Gasteiger partial charge >= 0.3 is 5.97 Å². The maximum absolute atomic E-state index is 12.5. The van der Waals surface area contributed by atoms with Crippen LogP contribution >= 0.6 is 0 Å². The average Bonchev–Trinajstić information content (AvgIpc) is 2.63. The van der Waals surface area contributed by atoms with Crippen molar-refractivity contribution in [2.75, 3.05) is 0 Å². The summed E-state index contributed by atoms with van der Waals surface area (Å²) in [5.41, 5.74) is 0. The highest BCUT2D eigenvalue weighted by atomic mass is 16.5. The summed E-state index contributed by atoms with van der Waals surface area (Å²) in [6, 6.07) is 2.14. The van der Waals surface area contributed by atoms with E-state index in [0.29, 0.717) is 19.3 Å². The van der Waals surface area contributed by atoms with Crippen molar-refractivity contribution in [1.82, 2.24) is 0 Å². The van der Waals surface area contributed by atoms with Crippen molar-refractivity contribution in [3.8, 4) is 6.07 Å². The summed E-state index contributed by atoms with van der Waals surface area (Å²) < 4.78 is 5.68. The van der Waals surface area contributed by atoms with E-state index in [2.05, 4.69) is 13.0 Å². The Morgan fingerprint density at radius 2 is 1.56 bits per heavy atom. The highest BCUT2D eigenvalue weighted by molar-refractivity contribution is 5.72. The number of nitriles is 1. The zero-order valence-corrected chi connectivity index (χ0v) is 15.5. The number of nitrogens with zero attached hydrogens (tertiary/aromatic N) is 1. The first-order valence-corrected chi connectivity index (χ1v) is 10.3. The molecule has 3 aliphatic rings. The lowest BCUT2D eigenvalue weighted by Crippen LogP contribution is -2.36. The molecule has 3 atom stereocenters. The van der Waals surface area contributed by atoms with E-state index in [9.17, 15) is 9.90 Å². The van der Waals surface area contributed by atoms with Crippen LogP contribution in [0.5, 0.6) is 0 Å². The van der Waals surface area contributed by atoms with Gasteiger partial charge in [0.25, 0.3) is 0 Å². The monoisotopic (exact) mass is 347 g/mol. The summed E-state index contributed by atoms with van der Waals surface area (Å²) in [5.74, 6) is 2.26. The number of carbonyl (C=O) groups is 1. The predicted molar refractivity (Wildman–Crippen MR) is 95.4 cm³/mol. The Morgan fingerprint density at radius 3 is 2.12 bits per heavy atom. The van der Waals surface area contributed by atoms with Crippen molar-refractivity contribution >= 4 is 5.97 Å². The topological polar surface area (TPSA) is 70.3 Å². The summed E-state index contributed by atoms with van der Waals surface area (Å²) in [5, 5.41) is 18.9. The number of ether oxygens (including phenoxy) is 1. The summed E-state index contributed by atoms with van der Waals surface area (Å²) in [4.78, 5) is 12.5. The van der Waals surface area contributed by atoms with Crippen LogP contribution in [0.2, 0.25) is 0 Å². The first-order chi connectivity index (χ1) is 12.1.